The molecule has 0 fully saturated rings. The van der Waals surface area contributed by atoms with Crippen molar-refractivity contribution < 1.29 is 18.0 Å². The van der Waals surface area contributed by atoms with Crippen molar-refractivity contribution in [1.82, 2.24) is 16.2 Å². The topological polar surface area (TPSA) is 53.2 Å². The summed E-state index contributed by atoms with van der Waals surface area (Å²) in [4.78, 5) is 11.7. The van der Waals surface area contributed by atoms with E-state index in [1.165, 1.54) is 0 Å². The lowest BCUT2D eigenvalue weighted by Gasteiger charge is -2.12. The molecule has 122 valence electrons. The normalized spacial score (nSPS) is 10.9. The number of unbranched alkanes of at least 4 members (excludes halogenated alkanes) is 2. The molecule has 1 aromatic rings. The molecule has 0 bridgehead atoms. The minimum atomic E-state index is -4.42. The molecule has 0 saturated heterocycles. The van der Waals surface area contributed by atoms with Gasteiger partial charge in [0.2, 0.25) is 0 Å². The van der Waals surface area contributed by atoms with Crippen LogP contribution in [0.15, 0.2) is 24.3 Å². The number of halogens is 3. The largest absolute Gasteiger partial charge is 0.416 e. The van der Waals surface area contributed by atoms with Crippen LogP contribution >= 0.6 is 12.2 Å². The Morgan fingerprint density at radius 3 is 2.32 bits per heavy atom. The van der Waals surface area contributed by atoms with E-state index >= 15 is 0 Å². The van der Waals surface area contributed by atoms with E-state index in [0.29, 0.717) is 6.54 Å². The van der Waals surface area contributed by atoms with E-state index in [2.05, 4.69) is 23.1 Å². The minimum Gasteiger partial charge on any atom is -0.361 e. The Morgan fingerprint density at radius 2 is 1.77 bits per heavy atom. The van der Waals surface area contributed by atoms with Crippen LogP contribution in [0.4, 0.5) is 13.2 Å². The molecule has 0 spiro atoms. The molecule has 0 aliphatic rings. The number of hydrazine groups is 1. The molecule has 0 atom stereocenters. The maximum atomic E-state index is 12.4. The lowest BCUT2D eigenvalue weighted by molar-refractivity contribution is -0.137. The van der Waals surface area contributed by atoms with Gasteiger partial charge in [0.15, 0.2) is 5.11 Å². The van der Waals surface area contributed by atoms with Crippen LogP contribution in [0, 0.1) is 0 Å². The van der Waals surface area contributed by atoms with E-state index in [0.717, 1.165) is 43.5 Å². The van der Waals surface area contributed by atoms with Crippen molar-refractivity contribution in [3.05, 3.63) is 35.4 Å². The molecular formula is C14H18F3N3OS. The highest BCUT2D eigenvalue weighted by atomic mass is 32.1. The molecule has 0 aromatic heterocycles. The Labute approximate surface area is 132 Å². The van der Waals surface area contributed by atoms with Crippen LogP contribution < -0.4 is 16.2 Å². The summed E-state index contributed by atoms with van der Waals surface area (Å²) in [6, 6.07) is 3.93. The van der Waals surface area contributed by atoms with Gasteiger partial charge < -0.3 is 5.32 Å². The molecule has 1 rings (SSSR count). The number of thiocarbonyl (C=S) groups is 1. The number of rotatable bonds is 5. The number of benzene rings is 1. The summed E-state index contributed by atoms with van der Waals surface area (Å²) in [6.45, 7) is 2.77. The second-order valence-electron chi connectivity index (χ2n) is 4.62. The number of amides is 1. The van der Waals surface area contributed by atoms with Gasteiger partial charge in [-0.3, -0.25) is 15.6 Å². The first-order valence-electron chi connectivity index (χ1n) is 6.86. The maximum Gasteiger partial charge on any atom is 0.416 e. The number of alkyl halides is 3. The van der Waals surface area contributed by atoms with Gasteiger partial charge in [0.25, 0.3) is 5.91 Å². The SMILES string of the molecule is CCCCCNC(=S)NNC(=O)c1ccc(C(F)(F)F)cc1. The Bertz CT molecular complexity index is 503. The number of nitrogens with one attached hydrogen (secondary N) is 3. The average molecular weight is 333 g/mol. The van der Waals surface area contributed by atoms with Crippen LogP contribution in [0.25, 0.3) is 0 Å². The summed E-state index contributed by atoms with van der Waals surface area (Å²) < 4.78 is 37.2. The first-order chi connectivity index (χ1) is 10.3. The van der Waals surface area contributed by atoms with E-state index in [1.54, 1.807) is 0 Å². The third-order valence-corrected chi connectivity index (χ3v) is 3.08. The molecule has 1 aromatic carbocycles. The van der Waals surface area contributed by atoms with E-state index < -0.39 is 17.6 Å². The standard InChI is InChI=1S/C14H18F3N3OS/c1-2-3-4-9-18-13(22)20-19-12(21)10-5-7-11(8-6-10)14(15,16)17/h5-8H,2-4,9H2,1H3,(H,19,21)(H2,18,20,22). The van der Waals surface area contributed by atoms with Gasteiger partial charge in [-0.15, -0.1) is 0 Å². The van der Waals surface area contributed by atoms with Crippen molar-refractivity contribution in [2.45, 2.75) is 32.4 Å². The van der Waals surface area contributed by atoms with Gasteiger partial charge in [-0.25, -0.2) is 0 Å². The molecule has 1 amide bonds. The predicted octanol–water partition coefficient (Wildman–Crippen LogP) is 3.00. The molecule has 0 unspecified atom stereocenters. The van der Waals surface area contributed by atoms with E-state index in [4.69, 9.17) is 12.2 Å². The molecule has 0 heterocycles. The van der Waals surface area contributed by atoms with Crippen LogP contribution in [0.2, 0.25) is 0 Å². The Balaban J connectivity index is 2.40. The third kappa shape index (κ3) is 6.30. The second kappa shape index (κ2) is 8.57. The van der Waals surface area contributed by atoms with Crippen molar-refractivity contribution in [2.24, 2.45) is 0 Å². The zero-order valence-corrected chi connectivity index (χ0v) is 12.9. The number of hydrogen-bond donors (Lipinski definition) is 3. The molecule has 0 radical (unpaired) electrons. The van der Waals surface area contributed by atoms with Gasteiger partial charge >= 0.3 is 6.18 Å². The number of hydrogen-bond acceptors (Lipinski definition) is 2. The van der Waals surface area contributed by atoms with Crippen molar-refractivity contribution in [3.63, 3.8) is 0 Å². The average Bonchev–Trinajstić information content (AvgIpc) is 2.48. The predicted molar refractivity (Wildman–Crippen MR) is 82.2 cm³/mol. The minimum absolute atomic E-state index is 0.106. The van der Waals surface area contributed by atoms with Crippen LogP contribution in [-0.4, -0.2) is 17.6 Å². The third-order valence-electron chi connectivity index (χ3n) is 2.83. The molecule has 0 aliphatic heterocycles. The summed E-state index contributed by atoms with van der Waals surface area (Å²) >= 11 is 4.96. The molecular weight excluding hydrogens is 315 g/mol. The van der Waals surface area contributed by atoms with Crippen molar-refractivity contribution in [2.75, 3.05) is 6.54 Å². The van der Waals surface area contributed by atoms with Gasteiger partial charge in [0.05, 0.1) is 5.56 Å². The first-order valence-corrected chi connectivity index (χ1v) is 7.27. The molecule has 0 saturated carbocycles. The fourth-order valence-corrected chi connectivity index (χ4v) is 1.77. The lowest BCUT2D eigenvalue weighted by Crippen LogP contribution is -2.46. The van der Waals surface area contributed by atoms with E-state index in [1.807, 2.05) is 0 Å². The monoisotopic (exact) mass is 333 g/mol. The zero-order valence-electron chi connectivity index (χ0n) is 12.1. The van der Waals surface area contributed by atoms with Crippen molar-refractivity contribution in [3.8, 4) is 0 Å². The number of carbonyl (C=O) groups is 1. The Morgan fingerprint density at radius 1 is 1.14 bits per heavy atom. The summed E-state index contributed by atoms with van der Waals surface area (Å²) in [6.07, 6.45) is -1.29. The van der Waals surface area contributed by atoms with Crippen LogP contribution in [-0.2, 0) is 6.18 Å². The van der Waals surface area contributed by atoms with Gasteiger partial charge in [-0.05, 0) is 42.9 Å². The quantitative estimate of drug-likeness (QED) is 0.440. The van der Waals surface area contributed by atoms with Crippen molar-refractivity contribution in [1.29, 1.82) is 0 Å². The van der Waals surface area contributed by atoms with Crippen LogP contribution in [0.1, 0.15) is 42.1 Å². The second-order valence-corrected chi connectivity index (χ2v) is 5.03. The summed E-state index contributed by atoms with van der Waals surface area (Å²) in [5, 5.41) is 3.17. The summed E-state index contributed by atoms with van der Waals surface area (Å²) in [5.41, 5.74) is 4.13. The summed E-state index contributed by atoms with van der Waals surface area (Å²) in [5.74, 6) is -0.563. The van der Waals surface area contributed by atoms with E-state index in [9.17, 15) is 18.0 Å². The van der Waals surface area contributed by atoms with E-state index in [-0.39, 0.29) is 10.7 Å². The zero-order chi connectivity index (χ0) is 16.6. The Kier molecular flexibility index (Phi) is 7.10. The first kappa shape index (κ1) is 18.2. The highest BCUT2D eigenvalue weighted by Crippen LogP contribution is 2.28. The molecule has 3 N–H and O–H groups in total. The molecule has 22 heavy (non-hydrogen) atoms. The lowest BCUT2D eigenvalue weighted by atomic mass is 10.1. The van der Waals surface area contributed by atoms with Gasteiger partial charge in [0.1, 0.15) is 0 Å². The Hall–Kier alpha value is -1.83. The fourth-order valence-electron chi connectivity index (χ4n) is 1.62. The highest BCUT2D eigenvalue weighted by molar-refractivity contribution is 7.80. The summed E-state index contributed by atoms with van der Waals surface area (Å²) in [7, 11) is 0. The molecule has 4 nitrogen and oxygen atoms in total. The van der Waals surface area contributed by atoms with Gasteiger partial charge in [-0.2, -0.15) is 13.2 Å². The van der Waals surface area contributed by atoms with Gasteiger partial charge in [0, 0.05) is 12.1 Å². The highest BCUT2D eigenvalue weighted by Gasteiger charge is 2.30. The van der Waals surface area contributed by atoms with Gasteiger partial charge in [-0.1, -0.05) is 19.8 Å². The van der Waals surface area contributed by atoms with Crippen LogP contribution in [0.5, 0.6) is 0 Å². The van der Waals surface area contributed by atoms with Crippen LogP contribution in [0.3, 0.4) is 0 Å². The van der Waals surface area contributed by atoms with Crippen molar-refractivity contribution >= 4 is 23.2 Å². The fraction of sp³-hybridized carbons (Fsp3) is 0.429. The maximum absolute atomic E-state index is 12.4. The smallest absolute Gasteiger partial charge is 0.361 e. The molecule has 8 heteroatoms. The number of carbonyl (C=O) groups excluding carboxylic acids is 1. The molecule has 0 aliphatic carbocycles.